The molecule has 0 atom stereocenters. The Morgan fingerprint density at radius 1 is 1.30 bits per heavy atom. The van der Waals surface area contributed by atoms with Crippen molar-refractivity contribution in [2.75, 3.05) is 11.4 Å². The number of anilines is 1. The van der Waals surface area contributed by atoms with Crippen LogP contribution in [0, 0.1) is 5.41 Å². The van der Waals surface area contributed by atoms with Crippen LogP contribution in [0.25, 0.3) is 0 Å². The van der Waals surface area contributed by atoms with E-state index < -0.39 is 11.7 Å². The first-order valence-corrected chi connectivity index (χ1v) is 10.5. The molecular formula is C19H28ClN3O3S. The Hall–Kier alpha value is -1.34. The van der Waals surface area contributed by atoms with Gasteiger partial charge in [0.1, 0.15) is 10.8 Å². The van der Waals surface area contributed by atoms with Gasteiger partial charge in [-0.1, -0.05) is 43.7 Å². The van der Waals surface area contributed by atoms with Crippen LogP contribution in [0.4, 0.5) is 9.93 Å². The van der Waals surface area contributed by atoms with Crippen LogP contribution in [0.2, 0.25) is 5.15 Å². The van der Waals surface area contributed by atoms with Gasteiger partial charge in [0.15, 0.2) is 5.13 Å². The van der Waals surface area contributed by atoms with Gasteiger partial charge in [0.25, 0.3) is 0 Å². The van der Waals surface area contributed by atoms with E-state index in [2.05, 4.69) is 31.1 Å². The molecule has 0 aromatic carbocycles. The summed E-state index contributed by atoms with van der Waals surface area (Å²) < 4.78 is 5.29. The average molecular weight is 414 g/mol. The zero-order valence-electron chi connectivity index (χ0n) is 16.8. The van der Waals surface area contributed by atoms with E-state index in [0.29, 0.717) is 29.7 Å². The van der Waals surface area contributed by atoms with Gasteiger partial charge in [0, 0.05) is 12.6 Å². The quantitative estimate of drug-likeness (QED) is 0.774. The number of hydrogen-bond donors (Lipinski definition) is 1. The van der Waals surface area contributed by atoms with Gasteiger partial charge in [-0.2, -0.15) is 0 Å². The molecule has 6 nitrogen and oxygen atoms in total. The van der Waals surface area contributed by atoms with Crippen molar-refractivity contribution in [1.82, 2.24) is 10.3 Å². The first-order chi connectivity index (χ1) is 12.3. The fourth-order valence-electron chi connectivity index (χ4n) is 3.71. The number of amides is 2. The van der Waals surface area contributed by atoms with E-state index in [1.165, 1.54) is 11.3 Å². The van der Waals surface area contributed by atoms with Crippen LogP contribution in [0.1, 0.15) is 65.7 Å². The number of hydrogen-bond acceptors (Lipinski definition) is 5. The minimum Gasteiger partial charge on any atom is -0.444 e. The zero-order chi connectivity index (χ0) is 20.2. The third-order valence-corrected chi connectivity index (χ3v) is 6.88. The van der Waals surface area contributed by atoms with E-state index in [9.17, 15) is 9.59 Å². The summed E-state index contributed by atoms with van der Waals surface area (Å²) in [5.74, 6) is 0.0932. The van der Waals surface area contributed by atoms with Crippen molar-refractivity contribution in [2.24, 2.45) is 5.41 Å². The predicted molar refractivity (Wildman–Crippen MR) is 108 cm³/mol. The molecular weight excluding hydrogens is 386 g/mol. The molecule has 2 aliphatic rings. The van der Waals surface area contributed by atoms with Gasteiger partial charge in [-0.15, -0.1) is 0 Å². The number of carbonyl (C=O) groups excluding carboxylic acids is 2. The molecule has 1 aromatic rings. The Balaban J connectivity index is 1.63. The summed E-state index contributed by atoms with van der Waals surface area (Å²) in [6.07, 6.45) is 1.64. The van der Waals surface area contributed by atoms with Crippen LogP contribution in [0.5, 0.6) is 0 Å². The van der Waals surface area contributed by atoms with E-state index >= 15 is 0 Å². The molecule has 0 bridgehead atoms. The van der Waals surface area contributed by atoms with Gasteiger partial charge in [0.05, 0.1) is 10.3 Å². The number of ether oxygens (including phenoxy) is 1. The average Bonchev–Trinajstić information content (AvgIpc) is 2.97. The number of thiazole rings is 1. The number of alkyl carbamates (subject to hydrolysis) is 1. The smallest absolute Gasteiger partial charge is 0.407 e. The third kappa shape index (κ3) is 4.09. The fourth-order valence-corrected chi connectivity index (χ4v) is 5.28. The van der Waals surface area contributed by atoms with E-state index in [0.717, 1.165) is 11.3 Å². The molecule has 1 spiro atoms. The van der Waals surface area contributed by atoms with Crippen molar-refractivity contribution < 1.29 is 14.3 Å². The van der Waals surface area contributed by atoms with Crippen molar-refractivity contribution in [2.45, 2.75) is 77.9 Å². The van der Waals surface area contributed by atoms with E-state index in [-0.39, 0.29) is 22.8 Å². The summed E-state index contributed by atoms with van der Waals surface area (Å²) in [5.41, 5.74) is -1.02. The number of halogens is 1. The molecule has 0 unspecified atom stereocenters. The van der Waals surface area contributed by atoms with E-state index in [1.807, 2.05) is 20.8 Å². The molecule has 2 fully saturated rings. The molecule has 1 N–H and O–H groups in total. The zero-order valence-corrected chi connectivity index (χ0v) is 18.4. The second-order valence-corrected chi connectivity index (χ2v) is 10.9. The summed E-state index contributed by atoms with van der Waals surface area (Å²) in [4.78, 5) is 32.2. The van der Waals surface area contributed by atoms with Gasteiger partial charge >= 0.3 is 6.09 Å². The highest BCUT2D eigenvalue weighted by molar-refractivity contribution is 7.16. The maximum Gasteiger partial charge on any atom is 0.407 e. The molecule has 150 valence electrons. The maximum atomic E-state index is 13.0. The Kier molecular flexibility index (Phi) is 5.00. The molecule has 8 heteroatoms. The molecule has 1 saturated carbocycles. The Labute approximate surface area is 169 Å². The van der Waals surface area contributed by atoms with Crippen LogP contribution in [0.3, 0.4) is 0 Å². The van der Waals surface area contributed by atoms with E-state index in [4.69, 9.17) is 16.3 Å². The SMILES string of the molecule is CC(C)(C)OC(=O)NC1CC2(CCN(c3nc(Cl)c(C(C)(C)C)s3)C2=O)C1. The Morgan fingerprint density at radius 3 is 2.44 bits per heavy atom. The summed E-state index contributed by atoms with van der Waals surface area (Å²) in [6, 6.07) is -0.0197. The van der Waals surface area contributed by atoms with Gasteiger partial charge in [-0.3, -0.25) is 9.69 Å². The highest BCUT2D eigenvalue weighted by Crippen LogP contribution is 2.51. The minimum absolute atomic E-state index is 0.0197. The minimum atomic E-state index is -0.527. The summed E-state index contributed by atoms with van der Waals surface area (Å²) in [5, 5.41) is 4.02. The topological polar surface area (TPSA) is 71.5 Å². The maximum absolute atomic E-state index is 13.0. The van der Waals surface area contributed by atoms with Gasteiger partial charge in [-0.25, -0.2) is 9.78 Å². The number of rotatable bonds is 2. The lowest BCUT2D eigenvalue weighted by Crippen LogP contribution is -2.54. The van der Waals surface area contributed by atoms with Crippen molar-refractivity contribution in [1.29, 1.82) is 0 Å². The van der Waals surface area contributed by atoms with Gasteiger partial charge in [-0.05, 0) is 45.4 Å². The van der Waals surface area contributed by atoms with Crippen molar-refractivity contribution >= 4 is 40.1 Å². The number of aromatic nitrogens is 1. The largest absolute Gasteiger partial charge is 0.444 e. The van der Waals surface area contributed by atoms with Crippen molar-refractivity contribution in [3.63, 3.8) is 0 Å². The number of carbonyl (C=O) groups is 2. The Bertz CT molecular complexity index is 757. The molecule has 3 rings (SSSR count). The van der Waals surface area contributed by atoms with Gasteiger partial charge in [0.2, 0.25) is 5.91 Å². The molecule has 2 amide bonds. The molecule has 1 saturated heterocycles. The first-order valence-electron chi connectivity index (χ1n) is 9.29. The van der Waals surface area contributed by atoms with Crippen molar-refractivity contribution in [3.05, 3.63) is 10.0 Å². The summed E-state index contributed by atoms with van der Waals surface area (Å²) >= 11 is 7.80. The van der Waals surface area contributed by atoms with Crippen LogP contribution in [-0.4, -0.2) is 35.2 Å². The Morgan fingerprint density at radius 2 is 1.93 bits per heavy atom. The lowest BCUT2D eigenvalue weighted by atomic mass is 9.64. The lowest BCUT2D eigenvalue weighted by molar-refractivity contribution is -0.131. The van der Waals surface area contributed by atoms with E-state index in [1.54, 1.807) is 4.90 Å². The highest BCUT2D eigenvalue weighted by Gasteiger charge is 2.56. The molecule has 1 aliphatic carbocycles. The predicted octanol–water partition coefficient (Wildman–Crippen LogP) is 4.50. The summed E-state index contributed by atoms with van der Waals surface area (Å²) in [7, 11) is 0. The van der Waals surface area contributed by atoms with Crippen LogP contribution >= 0.6 is 22.9 Å². The normalized spacial score (nSPS) is 25.7. The molecule has 1 aliphatic heterocycles. The van der Waals surface area contributed by atoms with Gasteiger partial charge < -0.3 is 10.1 Å². The second-order valence-electron chi connectivity index (χ2n) is 9.60. The van der Waals surface area contributed by atoms with Crippen LogP contribution in [-0.2, 0) is 14.9 Å². The standard InChI is InChI=1S/C19H28ClN3O3S/c1-17(2,3)12-13(20)22-15(27-12)23-8-7-19(14(23)24)9-11(10-19)21-16(25)26-18(4,5)6/h11H,7-10H2,1-6H3,(H,21,25). The number of nitrogens with zero attached hydrogens (tertiary/aromatic N) is 2. The summed E-state index contributed by atoms with van der Waals surface area (Å²) in [6.45, 7) is 12.4. The van der Waals surface area contributed by atoms with Crippen molar-refractivity contribution in [3.8, 4) is 0 Å². The third-order valence-electron chi connectivity index (χ3n) is 4.99. The molecule has 1 aromatic heterocycles. The van der Waals surface area contributed by atoms with Crippen LogP contribution < -0.4 is 10.2 Å². The van der Waals surface area contributed by atoms with Crippen LogP contribution in [0.15, 0.2) is 0 Å². The fraction of sp³-hybridized carbons (Fsp3) is 0.737. The molecule has 2 heterocycles. The lowest BCUT2D eigenvalue weighted by Gasteiger charge is -2.43. The highest BCUT2D eigenvalue weighted by atomic mass is 35.5. The molecule has 0 radical (unpaired) electrons. The second kappa shape index (κ2) is 6.62. The first kappa shape index (κ1) is 20.4. The monoisotopic (exact) mass is 413 g/mol. The molecule has 27 heavy (non-hydrogen) atoms. The number of nitrogens with one attached hydrogen (secondary N) is 1.